The molecule has 8 nitrogen and oxygen atoms in total. The van der Waals surface area contributed by atoms with Gasteiger partial charge in [-0.15, -0.1) is 0 Å². The zero-order valence-corrected chi connectivity index (χ0v) is 13.8. The van der Waals surface area contributed by atoms with Gasteiger partial charge in [0.25, 0.3) is 0 Å². The molecule has 2 aliphatic rings. The van der Waals surface area contributed by atoms with E-state index in [1.165, 1.54) is 11.8 Å². The zero-order valence-electron chi connectivity index (χ0n) is 13.0. The van der Waals surface area contributed by atoms with Gasteiger partial charge in [0.2, 0.25) is 5.91 Å². The van der Waals surface area contributed by atoms with Crippen LogP contribution in [0.4, 0.5) is 0 Å². The van der Waals surface area contributed by atoms with E-state index in [1.807, 2.05) is 0 Å². The van der Waals surface area contributed by atoms with Gasteiger partial charge < -0.3 is 20.8 Å². The van der Waals surface area contributed by atoms with Crippen LogP contribution in [0.3, 0.4) is 0 Å². The Balaban J connectivity index is 2.16. The van der Waals surface area contributed by atoms with Crippen LogP contribution >= 0.6 is 0 Å². The first-order valence-corrected chi connectivity index (χ1v) is 8.71. The number of carbonyl (C=O) groups is 2. The minimum Gasteiger partial charge on any atom is -0.477 e. The fraction of sp³-hybridized carbons (Fsp3) is 0.643. The van der Waals surface area contributed by atoms with Crippen LogP contribution in [0.1, 0.15) is 20.3 Å². The Kier molecular flexibility index (Phi) is 5.20. The molecule has 2 rings (SSSR count). The molecule has 0 aromatic carbocycles. The molecule has 0 aromatic heterocycles. The summed E-state index contributed by atoms with van der Waals surface area (Å²) < 4.78 is 12.3. The summed E-state index contributed by atoms with van der Waals surface area (Å²) in [6, 6.07) is -0.349. The lowest BCUT2D eigenvalue weighted by atomic mass is 9.83. The standard InChI is InChI=1S/C14H21N3O5S/c1-7(4-16-6-15)23(22)5-9-3-10-11(8(2)18)13(19)17(10)12(9)14(20)21/h6-8,10-11,18H,3-5H2,1-2H3,(H2,15,16)(H,20,21). The highest BCUT2D eigenvalue weighted by molar-refractivity contribution is 7.85. The summed E-state index contributed by atoms with van der Waals surface area (Å²) in [5, 5.41) is 18.8. The van der Waals surface area contributed by atoms with Crippen molar-refractivity contribution in [3.8, 4) is 0 Å². The lowest BCUT2D eigenvalue weighted by Gasteiger charge is -2.44. The SMILES string of the molecule is CC(O)C1C(=O)N2C(C(=O)O)=C(CS(=O)C(C)CN=CN)CC12. The minimum atomic E-state index is -1.32. The summed E-state index contributed by atoms with van der Waals surface area (Å²) in [4.78, 5) is 28.6. The molecule has 128 valence electrons. The third kappa shape index (κ3) is 3.16. The number of hydrogen-bond donors (Lipinski definition) is 3. The summed E-state index contributed by atoms with van der Waals surface area (Å²) in [6.07, 6.45) is 0.645. The van der Waals surface area contributed by atoms with Gasteiger partial charge in [-0.2, -0.15) is 0 Å². The van der Waals surface area contributed by atoms with E-state index in [9.17, 15) is 24.0 Å². The Morgan fingerprint density at radius 1 is 1.57 bits per heavy atom. The molecule has 0 bridgehead atoms. The molecule has 0 saturated carbocycles. The van der Waals surface area contributed by atoms with Crippen LogP contribution in [-0.4, -0.2) is 67.2 Å². The van der Waals surface area contributed by atoms with E-state index in [1.54, 1.807) is 6.92 Å². The highest BCUT2D eigenvalue weighted by Crippen LogP contribution is 2.43. The van der Waals surface area contributed by atoms with Crippen molar-refractivity contribution in [3.05, 3.63) is 11.3 Å². The van der Waals surface area contributed by atoms with Crippen molar-refractivity contribution < 1.29 is 24.0 Å². The highest BCUT2D eigenvalue weighted by atomic mass is 32.2. The maximum atomic E-state index is 12.3. The fourth-order valence-corrected chi connectivity index (χ4v) is 4.23. The highest BCUT2D eigenvalue weighted by Gasteiger charge is 2.56. The van der Waals surface area contributed by atoms with Crippen molar-refractivity contribution >= 4 is 29.0 Å². The molecule has 0 aromatic rings. The van der Waals surface area contributed by atoms with Crippen LogP contribution in [0.15, 0.2) is 16.3 Å². The molecular formula is C14H21N3O5S. The van der Waals surface area contributed by atoms with Gasteiger partial charge in [-0.1, -0.05) is 0 Å². The molecule has 0 aliphatic carbocycles. The fourth-order valence-electron chi connectivity index (χ4n) is 3.10. The van der Waals surface area contributed by atoms with Gasteiger partial charge in [0, 0.05) is 16.6 Å². The van der Waals surface area contributed by atoms with Gasteiger partial charge in [-0.3, -0.25) is 14.0 Å². The number of nitrogens with two attached hydrogens (primary N) is 1. The predicted octanol–water partition coefficient (Wildman–Crippen LogP) is -0.939. The number of amides is 1. The first kappa shape index (κ1) is 17.6. The van der Waals surface area contributed by atoms with E-state index in [0.29, 0.717) is 18.5 Å². The van der Waals surface area contributed by atoms with E-state index >= 15 is 0 Å². The van der Waals surface area contributed by atoms with Crippen molar-refractivity contribution in [3.63, 3.8) is 0 Å². The van der Waals surface area contributed by atoms with Gasteiger partial charge >= 0.3 is 5.97 Å². The number of carbonyl (C=O) groups excluding carboxylic acids is 1. The molecule has 1 amide bonds. The molecule has 5 unspecified atom stereocenters. The van der Waals surface area contributed by atoms with Gasteiger partial charge in [0.05, 0.1) is 36.2 Å². The van der Waals surface area contributed by atoms with Gasteiger partial charge in [-0.05, 0) is 25.8 Å². The van der Waals surface area contributed by atoms with Crippen molar-refractivity contribution in [1.82, 2.24) is 4.90 Å². The summed E-state index contributed by atoms with van der Waals surface area (Å²) in [7, 11) is -1.32. The lowest BCUT2D eigenvalue weighted by molar-refractivity contribution is -0.161. The summed E-state index contributed by atoms with van der Waals surface area (Å²) >= 11 is 0. The monoisotopic (exact) mass is 343 g/mol. The number of carboxylic acid groups (broad SMARTS) is 1. The van der Waals surface area contributed by atoms with Crippen LogP contribution in [-0.2, 0) is 20.4 Å². The van der Waals surface area contributed by atoms with E-state index in [0.717, 1.165) is 6.34 Å². The second kappa shape index (κ2) is 6.79. The Bertz CT molecular complexity index is 601. The number of nitrogens with zero attached hydrogens (tertiary/aromatic N) is 2. The van der Waals surface area contributed by atoms with Crippen LogP contribution in [0.2, 0.25) is 0 Å². The number of aliphatic carboxylic acids is 1. The maximum absolute atomic E-state index is 12.3. The molecule has 0 spiro atoms. The smallest absolute Gasteiger partial charge is 0.352 e. The van der Waals surface area contributed by atoms with Crippen molar-refractivity contribution in [2.45, 2.75) is 37.7 Å². The molecule has 0 radical (unpaired) electrons. The zero-order chi connectivity index (χ0) is 17.3. The second-order valence-electron chi connectivity index (χ2n) is 5.85. The Morgan fingerprint density at radius 3 is 2.74 bits per heavy atom. The van der Waals surface area contributed by atoms with Gasteiger partial charge in [0.1, 0.15) is 5.70 Å². The first-order chi connectivity index (χ1) is 10.8. The van der Waals surface area contributed by atoms with E-state index in [-0.39, 0.29) is 28.6 Å². The number of rotatable bonds is 7. The minimum absolute atomic E-state index is 0.0791. The first-order valence-electron chi connectivity index (χ1n) is 7.33. The summed E-state index contributed by atoms with van der Waals surface area (Å²) in [5.74, 6) is -2.10. The number of fused-ring (bicyclic) bond motifs is 1. The molecule has 23 heavy (non-hydrogen) atoms. The molecule has 2 heterocycles. The van der Waals surface area contributed by atoms with E-state index in [2.05, 4.69) is 4.99 Å². The average molecular weight is 343 g/mol. The number of aliphatic hydroxyl groups is 1. The number of hydrogen-bond acceptors (Lipinski definition) is 5. The quantitative estimate of drug-likeness (QED) is 0.310. The lowest BCUT2D eigenvalue weighted by Crippen LogP contribution is -2.61. The summed E-state index contributed by atoms with van der Waals surface area (Å²) in [5.41, 5.74) is 5.56. The van der Waals surface area contributed by atoms with Gasteiger partial charge in [0.15, 0.2) is 0 Å². The number of carboxylic acids is 1. The largest absolute Gasteiger partial charge is 0.477 e. The number of β-lactam (4-membered cyclic amide) rings is 1. The van der Waals surface area contributed by atoms with Crippen molar-refractivity contribution in [2.75, 3.05) is 12.3 Å². The number of aliphatic imine (C=N–C) groups is 1. The topological polar surface area (TPSA) is 133 Å². The Morgan fingerprint density at radius 2 is 2.22 bits per heavy atom. The normalized spacial score (nSPS) is 27.8. The van der Waals surface area contributed by atoms with E-state index < -0.39 is 28.8 Å². The molecular weight excluding hydrogens is 322 g/mol. The average Bonchev–Trinajstić information content (AvgIpc) is 2.78. The molecule has 2 aliphatic heterocycles. The van der Waals surface area contributed by atoms with Gasteiger partial charge in [-0.25, -0.2) is 4.79 Å². The van der Waals surface area contributed by atoms with Crippen molar-refractivity contribution in [1.29, 1.82) is 0 Å². The van der Waals surface area contributed by atoms with Crippen LogP contribution in [0.25, 0.3) is 0 Å². The molecule has 1 fully saturated rings. The predicted molar refractivity (Wildman–Crippen MR) is 85.1 cm³/mol. The number of aliphatic hydroxyl groups excluding tert-OH is 1. The molecule has 1 saturated heterocycles. The van der Waals surface area contributed by atoms with Crippen molar-refractivity contribution in [2.24, 2.45) is 16.6 Å². The maximum Gasteiger partial charge on any atom is 0.352 e. The summed E-state index contributed by atoms with van der Waals surface area (Å²) in [6.45, 7) is 3.56. The Labute approximate surface area is 136 Å². The second-order valence-corrected chi connectivity index (χ2v) is 7.71. The molecule has 4 N–H and O–H groups in total. The third-order valence-electron chi connectivity index (χ3n) is 4.26. The van der Waals surface area contributed by atoms with Crippen LogP contribution in [0.5, 0.6) is 0 Å². The van der Waals surface area contributed by atoms with Crippen LogP contribution < -0.4 is 5.73 Å². The third-order valence-corrected chi connectivity index (χ3v) is 5.94. The molecule has 9 heteroatoms. The van der Waals surface area contributed by atoms with Crippen LogP contribution in [0, 0.1) is 5.92 Å². The van der Waals surface area contributed by atoms with E-state index in [4.69, 9.17) is 5.73 Å². The Hall–Kier alpha value is -1.74. The molecule has 5 atom stereocenters.